The number of carbonyl (C=O) groups excluding carboxylic acids is 1. The van der Waals surface area contributed by atoms with Crippen molar-refractivity contribution in [2.24, 2.45) is 0 Å². The number of amides is 1. The van der Waals surface area contributed by atoms with Crippen molar-refractivity contribution >= 4 is 5.91 Å². The van der Waals surface area contributed by atoms with Crippen molar-refractivity contribution in [1.29, 1.82) is 0 Å². The lowest BCUT2D eigenvalue weighted by molar-refractivity contribution is 0.0943. The third-order valence-corrected chi connectivity index (χ3v) is 4.24. The molecule has 0 bridgehead atoms. The zero-order chi connectivity index (χ0) is 17.4. The van der Waals surface area contributed by atoms with Crippen LogP contribution in [0.15, 0.2) is 54.6 Å². The Morgan fingerprint density at radius 1 is 1.16 bits per heavy atom. The summed E-state index contributed by atoms with van der Waals surface area (Å²) >= 11 is 0. The fourth-order valence-corrected chi connectivity index (χ4v) is 2.75. The summed E-state index contributed by atoms with van der Waals surface area (Å²) in [5, 5.41) is 7.61. The monoisotopic (exact) mass is 335 g/mol. The summed E-state index contributed by atoms with van der Waals surface area (Å²) in [5.74, 6) is -0.432. The van der Waals surface area contributed by atoms with E-state index in [1.54, 1.807) is 22.9 Å². The fourth-order valence-electron chi connectivity index (χ4n) is 2.75. The first kappa shape index (κ1) is 15.6. The molecule has 0 atom stereocenters. The van der Waals surface area contributed by atoms with Gasteiger partial charge in [-0.05, 0) is 67.8 Å². The Kier molecular flexibility index (Phi) is 3.84. The lowest BCUT2D eigenvalue weighted by atomic mass is 10.1. The number of hydrogen-bond donors (Lipinski definition) is 1. The molecule has 2 aromatic carbocycles. The molecule has 1 heterocycles. The van der Waals surface area contributed by atoms with E-state index in [1.165, 1.54) is 12.1 Å². The first-order chi connectivity index (χ1) is 12.1. The Balaban J connectivity index is 1.79. The number of hydrogen-bond acceptors (Lipinski definition) is 2. The van der Waals surface area contributed by atoms with Gasteiger partial charge in [-0.15, -0.1) is 0 Å². The minimum absolute atomic E-state index is 0.134. The Labute approximate surface area is 145 Å². The van der Waals surface area contributed by atoms with Crippen molar-refractivity contribution in [3.8, 4) is 16.9 Å². The van der Waals surface area contributed by atoms with Crippen molar-refractivity contribution in [2.45, 2.75) is 25.8 Å². The first-order valence-electron chi connectivity index (χ1n) is 8.34. The average Bonchev–Trinajstić information content (AvgIpc) is 3.30. The van der Waals surface area contributed by atoms with Gasteiger partial charge in [0.05, 0.1) is 11.4 Å². The Morgan fingerprint density at radius 2 is 1.92 bits per heavy atom. The van der Waals surface area contributed by atoms with E-state index in [1.807, 2.05) is 31.2 Å². The van der Waals surface area contributed by atoms with Crippen molar-refractivity contribution in [3.63, 3.8) is 0 Å². The summed E-state index contributed by atoms with van der Waals surface area (Å²) in [6.45, 7) is 2.00. The molecule has 3 aromatic rings. The normalized spacial score (nSPS) is 13.7. The van der Waals surface area contributed by atoms with Gasteiger partial charge in [0.25, 0.3) is 5.91 Å². The summed E-state index contributed by atoms with van der Waals surface area (Å²) in [5.41, 5.74) is 3.81. The van der Waals surface area contributed by atoms with Gasteiger partial charge >= 0.3 is 0 Å². The average molecular weight is 335 g/mol. The molecule has 25 heavy (non-hydrogen) atoms. The van der Waals surface area contributed by atoms with Crippen LogP contribution in [0.25, 0.3) is 16.9 Å². The highest BCUT2D eigenvalue weighted by Gasteiger charge is 2.26. The highest BCUT2D eigenvalue weighted by atomic mass is 19.1. The molecule has 5 heteroatoms. The van der Waals surface area contributed by atoms with Crippen LogP contribution < -0.4 is 5.32 Å². The molecule has 4 rings (SSSR count). The standard InChI is InChI=1S/C20H18FN3O/c1-13-3-2-4-17(11-13)24-19(20(25)22-16-9-10-16)12-18(23-24)14-5-7-15(21)8-6-14/h2-8,11-12,16H,9-10H2,1H3,(H,22,25). The van der Waals surface area contributed by atoms with Gasteiger partial charge in [-0.1, -0.05) is 12.1 Å². The third kappa shape index (κ3) is 3.31. The first-order valence-corrected chi connectivity index (χ1v) is 8.34. The molecule has 1 fully saturated rings. The van der Waals surface area contributed by atoms with Crippen molar-refractivity contribution in [3.05, 3.63) is 71.7 Å². The molecule has 1 aliphatic carbocycles. The molecular weight excluding hydrogens is 317 g/mol. The fraction of sp³-hybridized carbons (Fsp3) is 0.200. The minimum Gasteiger partial charge on any atom is -0.348 e. The predicted octanol–water partition coefficient (Wildman–Crippen LogP) is 3.88. The van der Waals surface area contributed by atoms with E-state index >= 15 is 0 Å². The molecule has 126 valence electrons. The number of nitrogens with zero attached hydrogens (tertiary/aromatic N) is 2. The zero-order valence-electron chi connectivity index (χ0n) is 13.9. The van der Waals surface area contributed by atoms with E-state index in [4.69, 9.17) is 0 Å². The number of aryl methyl sites for hydroxylation is 1. The van der Waals surface area contributed by atoms with Gasteiger partial charge in [0.1, 0.15) is 11.5 Å². The molecule has 4 nitrogen and oxygen atoms in total. The molecular formula is C20H18FN3O. The van der Waals surface area contributed by atoms with Crippen LogP contribution in [0.1, 0.15) is 28.9 Å². The lowest BCUT2D eigenvalue weighted by Gasteiger charge is -2.08. The quantitative estimate of drug-likeness (QED) is 0.786. The number of nitrogens with one attached hydrogen (secondary N) is 1. The second-order valence-electron chi connectivity index (χ2n) is 6.42. The number of halogens is 1. The van der Waals surface area contributed by atoms with Gasteiger partial charge in [-0.25, -0.2) is 9.07 Å². The van der Waals surface area contributed by atoms with E-state index in [9.17, 15) is 9.18 Å². The molecule has 0 aliphatic heterocycles. The Hall–Kier alpha value is -2.95. The van der Waals surface area contributed by atoms with E-state index in [0.717, 1.165) is 29.7 Å². The van der Waals surface area contributed by atoms with Crippen molar-refractivity contribution < 1.29 is 9.18 Å². The van der Waals surface area contributed by atoms with Crippen LogP contribution >= 0.6 is 0 Å². The van der Waals surface area contributed by atoms with Crippen LogP contribution in [0.4, 0.5) is 4.39 Å². The van der Waals surface area contributed by atoms with E-state index in [2.05, 4.69) is 10.4 Å². The summed E-state index contributed by atoms with van der Waals surface area (Å²) < 4.78 is 14.8. The topological polar surface area (TPSA) is 46.9 Å². The molecule has 0 saturated heterocycles. The van der Waals surface area contributed by atoms with Crippen LogP contribution in [-0.2, 0) is 0 Å². The Morgan fingerprint density at radius 3 is 2.60 bits per heavy atom. The molecule has 1 N–H and O–H groups in total. The van der Waals surface area contributed by atoms with Gasteiger partial charge in [0.15, 0.2) is 0 Å². The maximum Gasteiger partial charge on any atom is 0.270 e. The summed E-state index contributed by atoms with van der Waals surface area (Å²) in [4.78, 5) is 12.6. The summed E-state index contributed by atoms with van der Waals surface area (Å²) in [7, 11) is 0. The van der Waals surface area contributed by atoms with E-state index in [0.29, 0.717) is 11.4 Å². The molecule has 1 amide bonds. The van der Waals surface area contributed by atoms with Gasteiger partial charge in [0, 0.05) is 11.6 Å². The molecule has 1 aliphatic rings. The molecule has 1 saturated carbocycles. The van der Waals surface area contributed by atoms with Crippen LogP contribution in [0, 0.1) is 12.7 Å². The highest BCUT2D eigenvalue weighted by molar-refractivity contribution is 5.94. The maximum atomic E-state index is 13.2. The third-order valence-electron chi connectivity index (χ3n) is 4.24. The smallest absolute Gasteiger partial charge is 0.270 e. The summed E-state index contributed by atoms with van der Waals surface area (Å²) in [6.07, 6.45) is 2.05. The summed E-state index contributed by atoms with van der Waals surface area (Å²) in [6, 6.07) is 16.0. The largest absolute Gasteiger partial charge is 0.348 e. The number of carbonyl (C=O) groups is 1. The number of rotatable bonds is 4. The van der Waals surface area contributed by atoms with Gasteiger partial charge in [0.2, 0.25) is 0 Å². The second-order valence-corrected chi connectivity index (χ2v) is 6.42. The van der Waals surface area contributed by atoms with Crippen LogP contribution in [-0.4, -0.2) is 21.7 Å². The van der Waals surface area contributed by atoms with Crippen molar-refractivity contribution in [2.75, 3.05) is 0 Å². The van der Waals surface area contributed by atoms with Crippen LogP contribution in [0.3, 0.4) is 0 Å². The van der Waals surface area contributed by atoms with Crippen LogP contribution in [0.5, 0.6) is 0 Å². The van der Waals surface area contributed by atoms with Crippen molar-refractivity contribution in [1.82, 2.24) is 15.1 Å². The SMILES string of the molecule is Cc1cccc(-n2nc(-c3ccc(F)cc3)cc2C(=O)NC2CC2)c1. The highest BCUT2D eigenvalue weighted by Crippen LogP contribution is 2.24. The minimum atomic E-state index is -0.298. The van der Waals surface area contributed by atoms with E-state index in [-0.39, 0.29) is 17.8 Å². The second kappa shape index (κ2) is 6.16. The van der Waals surface area contributed by atoms with E-state index < -0.39 is 0 Å². The van der Waals surface area contributed by atoms with Gasteiger partial charge < -0.3 is 5.32 Å². The van der Waals surface area contributed by atoms with Gasteiger partial charge in [-0.3, -0.25) is 4.79 Å². The lowest BCUT2D eigenvalue weighted by Crippen LogP contribution is -2.27. The molecule has 1 aromatic heterocycles. The number of aromatic nitrogens is 2. The molecule has 0 radical (unpaired) electrons. The zero-order valence-corrected chi connectivity index (χ0v) is 13.9. The maximum absolute atomic E-state index is 13.2. The predicted molar refractivity (Wildman–Crippen MR) is 94.2 cm³/mol. The van der Waals surface area contributed by atoms with Crippen LogP contribution in [0.2, 0.25) is 0 Å². The molecule has 0 unspecified atom stereocenters. The molecule has 0 spiro atoms. The van der Waals surface area contributed by atoms with Gasteiger partial charge in [-0.2, -0.15) is 5.10 Å². The Bertz CT molecular complexity index is 926. The number of benzene rings is 2.